The van der Waals surface area contributed by atoms with E-state index in [0.29, 0.717) is 18.2 Å². The summed E-state index contributed by atoms with van der Waals surface area (Å²) in [5.41, 5.74) is 1.99. The van der Waals surface area contributed by atoms with E-state index in [-0.39, 0.29) is 0 Å². The molecule has 0 radical (unpaired) electrons. The molecule has 0 saturated heterocycles. The van der Waals surface area contributed by atoms with E-state index in [1.165, 1.54) is 0 Å². The summed E-state index contributed by atoms with van der Waals surface area (Å²) in [6.07, 6.45) is 9.00. The van der Waals surface area contributed by atoms with Crippen molar-refractivity contribution in [3.05, 3.63) is 72.7 Å². The monoisotopic (exact) mass is 332 g/mol. The quantitative estimate of drug-likeness (QED) is 0.603. The molecule has 25 heavy (non-hydrogen) atoms. The molecule has 0 aliphatic carbocycles. The lowest BCUT2D eigenvalue weighted by atomic mass is 10.3. The lowest BCUT2D eigenvalue weighted by Gasteiger charge is -2.07. The fraction of sp³-hybridized carbons (Fsp3) is 0.118. The first-order valence-corrected chi connectivity index (χ1v) is 7.81. The first-order valence-electron chi connectivity index (χ1n) is 7.81. The summed E-state index contributed by atoms with van der Waals surface area (Å²) in [7, 11) is 0. The summed E-state index contributed by atoms with van der Waals surface area (Å²) in [6.45, 7) is 2.55. The second-order valence-electron chi connectivity index (χ2n) is 5.53. The molecule has 4 heterocycles. The van der Waals surface area contributed by atoms with Crippen LogP contribution < -0.4 is 5.32 Å². The number of aromatic nitrogens is 7. The molecule has 0 atom stereocenters. The van der Waals surface area contributed by atoms with Gasteiger partial charge in [-0.05, 0) is 36.8 Å². The molecule has 0 spiro atoms. The number of hydrogen-bond donors (Lipinski definition) is 1. The first kappa shape index (κ1) is 15.0. The molecule has 0 aliphatic heterocycles. The SMILES string of the molecule is Cc1ccn(-c2ccc(NCc3ccc(-n4ccnc4)nc3)nn2)n1. The lowest BCUT2D eigenvalue weighted by Crippen LogP contribution is -2.06. The van der Waals surface area contributed by atoms with Crippen LogP contribution in [0.1, 0.15) is 11.3 Å². The highest BCUT2D eigenvalue weighted by Gasteiger charge is 2.02. The van der Waals surface area contributed by atoms with Gasteiger partial charge in [0.25, 0.3) is 0 Å². The van der Waals surface area contributed by atoms with Crippen LogP contribution in [0.4, 0.5) is 5.82 Å². The van der Waals surface area contributed by atoms with E-state index in [1.54, 1.807) is 17.2 Å². The van der Waals surface area contributed by atoms with Crippen LogP contribution >= 0.6 is 0 Å². The van der Waals surface area contributed by atoms with Gasteiger partial charge < -0.3 is 5.32 Å². The molecule has 0 saturated carbocycles. The molecule has 0 aliphatic rings. The largest absolute Gasteiger partial charge is 0.364 e. The smallest absolute Gasteiger partial charge is 0.175 e. The van der Waals surface area contributed by atoms with Crippen molar-refractivity contribution in [1.29, 1.82) is 0 Å². The number of anilines is 1. The van der Waals surface area contributed by atoms with Gasteiger partial charge in [0.15, 0.2) is 5.82 Å². The molecular formula is C17H16N8. The molecule has 4 rings (SSSR count). The summed E-state index contributed by atoms with van der Waals surface area (Å²) in [4.78, 5) is 8.44. The van der Waals surface area contributed by atoms with Gasteiger partial charge in [0, 0.05) is 31.3 Å². The fourth-order valence-corrected chi connectivity index (χ4v) is 2.35. The summed E-state index contributed by atoms with van der Waals surface area (Å²) in [6, 6.07) is 9.65. The number of rotatable bonds is 5. The molecule has 0 unspecified atom stereocenters. The Labute approximate surface area is 144 Å². The molecule has 0 aromatic carbocycles. The Kier molecular flexibility index (Phi) is 3.91. The summed E-state index contributed by atoms with van der Waals surface area (Å²) < 4.78 is 3.56. The van der Waals surface area contributed by atoms with Crippen LogP contribution in [0.2, 0.25) is 0 Å². The predicted molar refractivity (Wildman–Crippen MR) is 92.6 cm³/mol. The van der Waals surface area contributed by atoms with Gasteiger partial charge in [-0.2, -0.15) is 5.10 Å². The van der Waals surface area contributed by atoms with Crippen LogP contribution in [0.5, 0.6) is 0 Å². The molecule has 0 bridgehead atoms. The second-order valence-corrected chi connectivity index (χ2v) is 5.53. The van der Waals surface area contributed by atoms with E-state index in [9.17, 15) is 0 Å². The number of imidazole rings is 1. The zero-order valence-corrected chi connectivity index (χ0v) is 13.6. The number of pyridine rings is 1. The Hall–Kier alpha value is -3.55. The van der Waals surface area contributed by atoms with Crippen LogP contribution in [-0.2, 0) is 6.54 Å². The molecule has 8 heteroatoms. The summed E-state index contributed by atoms with van der Waals surface area (Å²) >= 11 is 0. The summed E-state index contributed by atoms with van der Waals surface area (Å²) in [5.74, 6) is 2.22. The topological polar surface area (TPSA) is 86.3 Å². The van der Waals surface area contributed by atoms with Crippen molar-refractivity contribution < 1.29 is 0 Å². The number of nitrogens with zero attached hydrogens (tertiary/aromatic N) is 7. The van der Waals surface area contributed by atoms with Gasteiger partial charge in [0.1, 0.15) is 18.0 Å². The zero-order chi connectivity index (χ0) is 17.1. The molecule has 1 N–H and O–H groups in total. The minimum Gasteiger partial charge on any atom is -0.364 e. The first-order chi connectivity index (χ1) is 12.3. The van der Waals surface area contributed by atoms with Gasteiger partial charge >= 0.3 is 0 Å². The van der Waals surface area contributed by atoms with Gasteiger partial charge in [-0.25, -0.2) is 14.6 Å². The van der Waals surface area contributed by atoms with Gasteiger partial charge in [0.05, 0.1) is 5.69 Å². The Bertz CT molecular complexity index is 939. The molecule has 4 aromatic rings. The number of aryl methyl sites for hydroxylation is 1. The Morgan fingerprint density at radius 1 is 1.00 bits per heavy atom. The maximum Gasteiger partial charge on any atom is 0.175 e. The second kappa shape index (κ2) is 6.52. The average Bonchev–Trinajstić information content (AvgIpc) is 3.33. The van der Waals surface area contributed by atoms with E-state index >= 15 is 0 Å². The predicted octanol–water partition coefficient (Wildman–Crippen LogP) is 2.16. The van der Waals surface area contributed by atoms with E-state index in [0.717, 1.165) is 17.1 Å². The van der Waals surface area contributed by atoms with Crippen molar-refractivity contribution in [3.63, 3.8) is 0 Å². The lowest BCUT2D eigenvalue weighted by molar-refractivity contribution is 0.803. The van der Waals surface area contributed by atoms with Crippen molar-refractivity contribution in [1.82, 2.24) is 34.5 Å². The molecule has 0 amide bonds. The van der Waals surface area contributed by atoms with Crippen LogP contribution in [-0.4, -0.2) is 34.5 Å². The Morgan fingerprint density at radius 2 is 1.92 bits per heavy atom. The summed E-state index contributed by atoms with van der Waals surface area (Å²) in [5, 5.41) is 15.9. The number of hydrogen-bond acceptors (Lipinski definition) is 6. The Morgan fingerprint density at radius 3 is 2.56 bits per heavy atom. The standard InChI is InChI=1S/C17H16N8/c1-13-6-8-25(23-13)17-5-3-15(21-22-17)19-10-14-2-4-16(20-11-14)24-9-7-18-12-24/h2-9,11-12H,10H2,1H3,(H,19,21). The molecular weight excluding hydrogens is 316 g/mol. The minimum absolute atomic E-state index is 0.617. The Balaban J connectivity index is 1.39. The van der Waals surface area contributed by atoms with Crippen molar-refractivity contribution in [2.45, 2.75) is 13.5 Å². The van der Waals surface area contributed by atoms with Crippen molar-refractivity contribution >= 4 is 5.82 Å². The fourth-order valence-electron chi connectivity index (χ4n) is 2.35. The normalized spacial score (nSPS) is 10.8. The van der Waals surface area contributed by atoms with E-state index in [1.807, 2.05) is 60.4 Å². The molecule has 124 valence electrons. The van der Waals surface area contributed by atoms with Crippen LogP contribution in [0.25, 0.3) is 11.6 Å². The van der Waals surface area contributed by atoms with E-state index < -0.39 is 0 Å². The van der Waals surface area contributed by atoms with Crippen LogP contribution in [0.3, 0.4) is 0 Å². The van der Waals surface area contributed by atoms with Crippen molar-refractivity contribution in [3.8, 4) is 11.6 Å². The average molecular weight is 332 g/mol. The van der Waals surface area contributed by atoms with Gasteiger partial charge in [-0.3, -0.25) is 4.57 Å². The highest BCUT2D eigenvalue weighted by molar-refractivity contribution is 5.37. The van der Waals surface area contributed by atoms with Gasteiger partial charge in [0.2, 0.25) is 0 Å². The van der Waals surface area contributed by atoms with Crippen molar-refractivity contribution in [2.75, 3.05) is 5.32 Å². The third-order valence-corrected chi connectivity index (χ3v) is 3.66. The zero-order valence-electron chi connectivity index (χ0n) is 13.6. The van der Waals surface area contributed by atoms with Crippen LogP contribution in [0.15, 0.2) is 61.4 Å². The third kappa shape index (κ3) is 3.37. The minimum atomic E-state index is 0.617. The van der Waals surface area contributed by atoms with Crippen molar-refractivity contribution in [2.24, 2.45) is 0 Å². The van der Waals surface area contributed by atoms with E-state index in [4.69, 9.17) is 0 Å². The van der Waals surface area contributed by atoms with E-state index in [2.05, 4.69) is 30.6 Å². The maximum absolute atomic E-state index is 4.42. The highest BCUT2D eigenvalue weighted by atomic mass is 15.3. The molecule has 0 fully saturated rings. The van der Waals surface area contributed by atoms with Gasteiger partial charge in [-0.15, -0.1) is 10.2 Å². The maximum atomic E-state index is 4.42. The van der Waals surface area contributed by atoms with Crippen LogP contribution in [0, 0.1) is 6.92 Å². The molecule has 4 aromatic heterocycles. The molecule has 8 nitrogen and oxygen atoms in total. The number of nitrogens with one attached hydrogen (secondary N) is 1. The third-order valence-electron chi connectivity index (χ3n) is 3.66. The van der Waals surface area contributed by atoms with Gasteiger partial charge in [-0.1, -0.05) is 6.07 Å². The highest BCUT2D eigenvalue weighted by Crippen LogP contribution is 2.10.